The second-order valence-electron chi connectivity index (χ2n) is 4.01. The van der Waals surface area contributed by atoms with E-state index in [4.69, 9.17) is 10.5 Å². The number of nitrogens with one attached hydrogen (secondary N) is 1. The molecule has 0 saturated carbocycles. The Morgan fingerprint density at radius 1 is 1.11 bits per heavy atom. The van der Waals surface area contributed by atoms with Gasteiger partial charge in [-0.25, -0.2) is 0 Å². The van der Waals surface area contributed by atoms with Gasteiger partial charge >= 0.3 is 0 Å². The number of rotatable bonds is 5. The van der Waals surface area contributed by atoms with Crippen molar-refractivity contribution in [1.29, 1.82) is 0 Å². The second kappa shape index (κ2) is 5.86. The van der Waals surface area contributed by atoms with Crippen molar-refractivity contribution in [3.05, 3.63) is 42.5 Å². The fourth-order valence-corrected chi connectivity index (χ4v) is 1.70. The predicted octanol–water partition coefficient (Wildman–Crippen LogP) is 0.820. The Bertz CT molecular complexity index is 605. The highest BCUT2D eigenvalue weighted by molar-refractivity contribution is 5.89. The number of nitrogens with two attached hydrogens (primary N) is 1. The number of primary amides is 1. The van der Waals surface area contributed by atoms with Crippen LogP contribution < -0.4 is 15.8 Å². The van der Waals surface area contributed by atoms with Gasteiger partial charge in [-0.05, 0) is 11.5 Å². The van der Waals surface area contributed by atoms with Gasteiger partial charge in [0, 0.05) is 5.39 Å². The maximum absolute atomic E-state index is 11.4. The van der Waals surface area contributed by atoms with Crippen LogP contribution in [0.25, 0.3) is 10.8 Å². The van der Waals surface area contributed by atoms with Crippen molar-refractivity contribution in [3.63, 3.8) is 0 Å². The average Bonchev–Trinajstić information content (AvgIpc) is 2.42. The van der Waals surface area contributed by atoms with E-state index in [1.807, 2.05) is 36.4 Å². The molecule has 0 aromatic heterocycles. The smallest absolute Gasteiger partial charge is 0.258 e. The lowest BCUT2D eigenvalue weighted by atomic mass is 10.1. The van der Waals surface area contributed by atoms with E-state index >= 15 is 0 Å². The van der Waals surface area contributed by atoms with Crippen LogP contribution in [-0.4, -0.2) is 25.0 Å². The van der Waals surface area contributed by atoms with Gasteiger partial charge in [0.2, 0.25) is 5.91 Å². The molecule has 0 heterocycles. The molecular weight excluding hydrogens is 244 g/mol. The summed E-state index contributed by atoms with van der Waals surface area (Å²) in [7, 11) is 0. The Morgan fingerprint density at radius 3 is 2.63 bits per heavy atom. The first-order valence-electron chi connectivity index (χ1n) is 5.82. The summed E-state index contributed by atoms with van der Waals surface area (Å²) in [5.74, 6) is -0.336. The van der Waals surface area contributed by atoms with Crippen molar-refractivity contribution >= 4 is 22.6 Å². The van der Waals surface area contributed by atoms with E-state index in [1.165, 1.54) is 0 Å². The molecule has 2 aromatic rings. The number of amides is 2. The second-order valence-corrected chi connectivity index (χ2v) is 4.01. The normalized spacial score (nSPS) is 10.1. The summed E-state index contributed by atoms with van der Waals surface area (Å²) in [5.41, 5.74) is 4.93. The maximum Gasteiger partial charge on any atom is 0.258 e. The first-order chi connectivity index (χ1) is 9.16. The van der Waals surface area contributed by atoms with E-state index in [0.29, 0.717) is 5.75 Å². The van der Waals surface area contributed by atoms with Gasteiger partial charge in [0.05, 0.1) is 6.54 Å². The maximum atomic E-state index is 11.4. The first-order valence-corrected chi connectivity index (χ1v) is 5.82. The Hall–Kier alpha value is -2.56. The van der Waals surface area contributed by atoms with Crippen LogP contribution in [0, 0.1) is 0 Å². The lowest BCUT2D eigenvalue weighted by molar-refractivity contribution is -0.126. The minimum atomic E-state index is -0.585. The summed E-state index contributed by atoms with van der Waals surface area (Å²) in [5, 5.41) is 4.34. The van der Waals surface area contributed by atoms with E-state index < -0.39 is 5.91 Å². The van der Waals surface area contributed by atoms with Crippen LogP contribution in [0.3, 0.4) is 0 Å². The molecule has 0 atom stereocenters. The third kappa shape index (κ3) is 3.45. The lowest BCUT2D eigenvalue weighted by Crippen LogP contribution is -2.36. The monoisotopic (exact) mass is 258 g/mol. The average molecular weight is 258 g/mol. The van der Waals surface area contributed by atoms with Crippen molar-refractivity contribution in [1.82, 2.24) is 5.32 Å². The van der Waals surface area contributed by atoms with E-state index in [0.717, 1.165) is 10.8 Å². The summed E-state index contributed by atoms with van der Waals surface area (Å²) in [4.78, 5) is 21.9. The highest BCUT2D eigenvalue weighted by Gasteiger charge is 2.06. The summed E-state index contributed by atoms with van der Waals surface area (Å²) in [6.45, 7) is -0.334. The lowest BCUT2D eigenvalue weighted by Gasteiger charge is -2.09. The molecule has 0 spiro atoms. The molecule has 0 radical (unpaired) electrons. The minimum Gasteiger partial charge on any atom is -0.483 e. The minimum absolute atomic E-state index is 0.152. The van der Waals surface area contributed by atoms with Crippen LogP contribution in [0.15, 0.2) is 42.5 Å². The van der Waals surface area contributed by atoms with Crippen molar-refractivity contribution in [3.8, 4) is 5.75 Å². The van der Waals surface area contributed by atoms with Crippen LogP contribution in [0.4, 0.5) is 0 Å². The standard InChI is InChI=1S/C14H14N2O3/c15-13(17)8-16-14(18)9-19-12-7-3-5-10-4-1-2-6-11(10)12/h1-7H,8-9H2,(H2,15,17)(H,16,18). The number of benzene rings is 2. The molecule has 0 saturated heterocycles. The van der Waals surface area contributed by atoms with Gasteiger partial charge in [-0.1, -0.05) is 36.4 Å². The van der Waals surface area contributed by atoms with Crippen LogP contribution in [0.2, 0.25) is 0 Å². The molecule has 19 heavy (non-hydrogen) atoms. The number of hydrogen-bond donors (Lipinski definition) is 2. The van der Waals surface area contributed by atoms with E-state index in [9.17, 15) is 9.59 Å². The summed E-state index contributed by atoms with van der Waals surface area (Å²) in [6, 6.07) is 13.4. The fourth-order valence-electron chi connectivity index (χ4n) is 1.70. The van der Waals surface area contributed by atoms with Gasteiger partial charge in [-0.3, -0.25) is 9.59 Å². The fraction of sp³-hybridized carbons (Fsp3) is 0.143. The largest absolute Gasteiger partial charge is 0.483 e. The highest BCUT2D eigenvalue weighted by atomic mass is 16.5. The van der Waals surface area contributed by atoms with Crippen LogP contribution in [0.5, 0.6) is 5.75 Å². The van der Waals surface area contributed by atoms with Crippen molar-refractivity contribution < 1.29 is 14.3 Å². The molecule has 5 heteroatoms. The number of fused-ring (bicyclic) bond motifs is 1. The highest BCUT2D eigenvalue weighted by Crippen LogP contribution is 2.24. The molecule has 98 valence electrons. The van der Waals surface area contributed by atoms with Crippen molar-refractivity contribution in [2.45, 2.75) is 0 Å². The SMILES string of the molecule is NC(=O)CNC(=O)COc1cccc2ccccc12. The molecule has 2 amide bonds. The quantitative estimate of drug-likeness (QED) is 0.833. The Balaban J connectivity index is 2.02. The summed E-state index contributed by atoms with van der Waals surface area (Å²) >= 11 is 0. The molecule has 0 bridgehead atoms. The number of carbonyl (C=O) groups excluding carboxylic acids is 2. The molecule has 0 fully saturated rings. The predicted molar refractivity (Wildman–Crippen MR) is 71.6 cm³/mol. The number of ether oxygens (including phenoxy) is 1. The van der Waals surface area contributed by atoms with Gasteiger partial charge in [-0.2, -0.15) is 0 Å². The van der Waals surface area contributed by atoms with Crippen molar-refractivity contribution in [2.24, 2.45) is 5.73 Å². The van der Waals surface area contributed by atoms with E-state index in [2.05, 4.69) is 5.32 Å². The third-order valence-electron chi connectivity index (χ3n) is 2.57. The molecule has 2 aromatic carbocycles. The van der Waals surface area contributed by atoms with Gasteiger partial charge < -0.3 is 15.8 Å². The molecule has 0 aliphatic carbocycles. The summed E-state index contributed by atoms with van der Waals surface area (Å²) < 4.78 is 5.45. The number of hydrogen-bond acceptors (Lipinski definition) is 3. The van der Waals surface area contributed by atoms with Crippen LogP contribution in [-0.2, 0) is 9.59 Å². The molecule has 5 nitrogen and oxygen atoms in total. The van der Waals surface area contributed by atoms with Crippen molar-refractivity contribution in [2.75, 3.05) is 13.2 Å². The van der Waals surface area contributed by atoms with E-state index in [-0.39, 0.29) is 19.1 Å². The zero-order valence-electron chi connectivity index (χ0n) is 10.3. The molecule has 3 N–H and O–H groups in total. The topological polar surface area (TPSA) is 81.4 Å². The molecule has 0 aliphatic rings. The third-order valence-corrected chi connectivity index (χ3v) is 2.57. The zero-order chi connectivity index (χ0) is 13.7. The molecular formula is C14H14N2O3. The Morgan fingerprint density at radius 2 is 1.84 bits per heavy atom. The van der Waals surface area contributed by atoms with E-state index in [1.54, 1.807) is 6.07 Å². The zero-order valence-corrected chi connectivity index (χ0v) is 10.3. The number of carbonyl (C=O) groups is 2. The molecule has 0 unspecified atom stereocenters. The molecule has 0 aliphatic heterocycles. The van der Waals surface area contributed by atoms with Crippen LogP contribution in [0.1, 0.15) is 0 Å². The Kier molecular flexibility index (Phi) is 3.97. The van der Waals surface area contributed by atoms with Crippen LogP contribution >= 0.6 is 0 Å². The first kappa shape index (κ1) is 12.9. The Labute approximate surface area is 110 Å². The van der Waals surface area contributed by atoms with Gasteiger partial charge in [-0.15, -0.1) is 0 Å². The van der Waals surface area contributed by atoms with Gasteiger partial charge in [0.25, 0.3) is 5.91 Å². The summed E-state index contributed by atoms with van der Waals surface area (Å²) in [6.07, 6.45) is 0. The molecule has 2 rings (SSSR count). The van der Waals surface area contributed by atoms with Gasteiger partial charge in [0.15, 0.2) is 6.61 Å². The van der Waals surface area contributed by atoms with Gasteiger partial charge in [0.1, 0.15) is 5.75 Å².